The summed E-state index contributed by atoms with van der Waals surface area (Å²) in [6.07, 6.45) is 0.699. The molecule has 0 aromatic heterocycles. The number of amides is 1. The van der Waals surface area contributed by atoms with E-state index in [1.54, 1.807) is 55.5 Å². The second-order valence-corrected chi connectivity index (χ2v) is 9.25. The zero-order chi connectivity index (χ0) is 27.4. The fourth-order valence-electron chi connectivity index (χ4n) is 4.36. The van der Waals surface area contributed by atoms with Crippen LogP contribution < -0.4 is 9.64 Å². The number of ketones is 1. The molecule has 8 heteroatoms. The van der Waals surface area contributed by atoms with Crippen molar-refractivity contribution in [3.05, 3.63) is 99.6 Å². The van der Waals surface area contributed by atoms with Crippen molar-refractivity contribution >= 4 is 40.7 Å². The van der Waals surface area contributed by atoms with Gasteiger partial charge in [-0.1, -0.05) is 48.4 Å². The molecule has 1 saturated heterocycles. The lowest BCUT2D eigenvalue weighted by atomic mass is 9.94. The minimum absolute atomic E-state index is 0.0585. The number of Topliss-reactive ketones (excluding diaryl/α,β-unsaturated/α-hetero) is 1. The number of carbonyl (C=O) groups is 3. The summed E-state index contributed by atoms with van der Waals surface area (Å²) in [7, 11) is 0. The molecule has 1 amide bonds. The lowest BCUT2D eigenvalue weighted by Gasteiger charge is -2.26. The van der Waals surface area contributed by atoms with Crippen molar-refractivity contribution in [2.75, 3.05) is 18.1 Å². The highest BCUT2D eigenvalue weighted by atomic mass is 35.5. The summed E-state index contributed by atoms with van der Waals surface area (Å²) < 4.78 is 10.7. The Kier molecular flexibility index (Phi) is 8.17. The Hall–Kier alpha value is -4.10. The van der Waals surface area contributed by atoms with E-state index < -0.39 is 23.7 Å². The predicted octanol–water partition coefficient (Wildman–Crippen LogP) is 6.24. The van der Waals surface area contributed by atoms with E-state index in [2.05, 4.69) is 0 Å². The van der Waals surface area contributed by atoms with E-state index in [-0.39, 0.29) is 11.3 Å². The van der Waals surface area contributed by atoms with Crippen molar-refractivity contribution in [3.63, 3.8) is 0 Å². The number of carbonyl (C=O) groups excluding carboxylic acids is 3. The second-order valence-electron chi connectivity index (χ2n) is 8.84. The molecule has 1 atom stereocenters. The number of aliphatic hydroxyl groups excluding tert-OH is 1. The molecule has 4 rings (SSSR count). The molecule has 7 nitrogen and oxygen atoms in total. The zero-order valence-corrected chi connectivity index (χ0v) is 22.1. The van der Waals surface area contributed by atoms with Crippen molar-refractivity contribution in [2.45, 2.75) is 33.2 Å². The zero-order valence-electron chi connectivity index (χ0n) is 21.4. The molecule has 1 fully saturated rings. The van der Waals surface area contributed by atoms with Crippen LogP contribution in [-0.2, 0) is 14.3 Å². The summed E-state index contributed by atoms with van der Waals surface area (Å²) in [5, 5.41) is 11.7. The van der Waals surface area contributed by atoms with Gasteiger partial charge >= 0.3 is 5.97 Å². The van der Waals surface area contributed by atoms with Crippen molar-refractivity contribution in [1.82, 2.24) is 0 Å². The summed E-state index contributed by atoms with van der Waals surface area (Å²) in [5.74, 6) is -2.07. The first kappa shape index (κ1) is 26.9. The highest BCUT2D eigenvalue weighted by molar-refractivity contribution is 6.51. The Balaban J connectivity index is 1.84. The number of hydrogen-bond donors (Lipinski definition) is 1. The Morgan fingerprint density at radius 2 is 1.71 bits per heavy atom. The molecule has 1 N–H and O–H groups in total. The first-order chi connectivity index (χ1) is 18.3. The van der Waals surface area contributed by atoms with Gasteiger partial charge in [0.25, 0.3) is 11.7 Å². The van der Waals surface area contributed by atoms with Crippen molar-refractivity contribution in [1.29, 1.82) is 0 Å². The molecule has 0 saturated carbocycles. The molecule has 0 aliphatic carbocycles. The van der Waals surface area contributed by atoms with Crippen LogP contribution in [-0.4, -0.2) is 36.0 Å². The minimum Gasteiger partial charge on any atom is -0.507 e. The molecule has 196 valence electrons. The number of esters is 1. The van der Waals surface area contributed by atoms with Crippen LogP contribution in [0.2, 0.25) is 5.02 Å². The number of aryl methyl sites for hydroxylation is 1. The van der Waals surface area contributed by atoms with Crippen LogP contribution in [0.4, 0.5) is 5.69 Å². The molecule has 1 unspecified atom stereocenters. The van der Waals surface area contributed by atoms with Crippen LogP contribution in [0, 0.1) is 6.92 Å². The SMILES string of the molecule is CCCOC(=O)c1ccc(N2C(=O)C(=O)/C(=C(\O)c3ccc(Cl)c(OCC)c3)C2c2cccc(C)c2)cc1. The first-order valence-electron chi connectivity index (χ1n) is 12.3. The molecule has 1 aliphatic rings. The summed E-state index contributed by atoms with van der Waals surface area (Å²) in [6, 6.07) is 17.4. The summed E-state index contributed by atoms with van der Waals surface area (Å²) in [6.45, 7) is 6.28. The van der Waals surface area contributed by atoms with Crippen molar-refractivity contribution in [2.24, 2.45) is 0 Å². The lowest BCUT2D eigenvalue weighted by molar-refractivity contribution is -0.132. The minimum atomic E-state index is -0.904. The third-order valence-electron chi connectivity index (χ3n) is 6.13. The number of halogens is 1. The number of nitrogens with zero attached hydrogens (tertiary/aromatic N) is 1. The Bertz CT molecular complexity index is 1410. The largest absolute Gasteiger partial charge is 0.507 e. The van der Waals surface area contributed by atoms with Gasteiger partial charge in [-0.2, -0.15) is 0 Å². The highest BCUT2D eigenvalue weighted by Gasteiger charge is 2.47. The van der Waals surface area contributed by atoms with E-state index in [0.29, 0.717) is 52.8 Å². The van der Waals surface area contributed by atoms with Gasteiger partial charge in [0.2, 0.25) is 0 Å². The molecule has 0 spiro atoms. The van der Waals surface area contributed by atoms with Gasteiger partial charge in [-0.3, -0.25) is 14.5 Å². The maximum Gasteiger partial charge on any atom is 0.338 e. The maximum absolute atomic E-state index is 13.4. The highest BCUT2D eigenvalue weighted by Crippen LogP contribution is 2.43. The van der Waals surface area contributed by atoms with E-state index in [4.69, 9.17) is 21.1 Å². The number of rotatable bonds is 8. The maximum atomic E-state index is 13.4. The van der Waals surface area contributed by atoms with Gasteiger partial charge in [0.1, 0.15) is 11.5 Å². The molecule has 0 radical (unpaired) electrons. The fourth-order valence-corrected chi connectivity index (χ4v) is 4.54. The quantitative estimate of drug-likeness (QED) is 0.159. The molecule has 3 aromatic carbocycles. The summed E-state index contributed by atoms with van der Waals surface area (Å²) in [5.41, 5.74) is 2.54. The number of anilines is 1. The van der Waals surface area contributed by atoms with E-state index in [1.165, 1.54) is 4.90 Å². The van der Waals surface area contributed by atoms with Crippen LogP contribution >= 0.6 is 11.6 Å². The number of ether oxygens (including phenoxy) is 2. The molecular weight excluding hydrogens is 506 g/mol. The normalized spacial score (nSPS) is 16.5. The Labute approximate surface area is 226 Å². The van der Waals surface area contributed by atoms with Crippen molar-refractivity contribution in [3.8, 4) is 5.75 Å². The standard InChI is InChI=1S/C30H28ClNO6/c1-4-15-38-30(36)19-9-12-22(13-10-19)32-26(20-8-6-7-18(3)16-20)25(28(34)29(32)35)27(33)21-11-14-23(31)24(17-21)37-5-2/h6-14,16-17,26,33H,4-5,15H2,1-3H3/b27-25-. The van der Waals surface area contributed by atoms with Gasteiger partial charge in [0.05, 0.1) is 35.4 Å². The van der Waals surface area contributed by atoms with Crippen LogP contribution in [0.1, 0.15) is 53.4 Å². The van der Waals surface area contributed by atoms with E-state index in [0.717, 1.165) is 5.56 Å². The molecule has 38 heavy (non-hydrogen) atoms. The van der Waals surface area contributed by atoms with Gasteiger partial charge in [-0.25, -0.2) is 4.79 Å². The van der Waals surface area contributed by atoms with E-state index in [1.807, 2.05) is 32.0 Å². The summed E-state index contributed by atoms with van der Waals surface area (Å²) in [4.78, 5) is 40.4. The average Bonchev–Trinajstić information content (AvgIpc) is 3.18. The number of aliphatic hydroxyl groups is 1. The number of hydrogen-bond acceptors (Lipinski definition) is 6. The van der Waals surface area contributed by atoms with Crippen LogP contribution in [0.5, 0.6) is 5.75 Å². The second kappa shape index (κ2) is 11.5. The molecule has 1 aliphatic heterocycles. The van der Waals surface area contributed by atoms with Crippen LogP contribution in [0.15, 0.2) is 72.3 Å². The third kappa shape index (κ3) is 5.29. The van der Waals surface area contributed by atoms with Crippen LogP contribution in [0.25, 0.3) is 5.76 Å². The number of benzene rings is 3. The topological polar surface area (TPSA) is 93.1 Å². The molecular formula is C30H28ClNO6. The lowest BCUT2D eigenvalue weighted by Crippen LogP contribution is -2.29. The van der Waals surface area contributed by atoms with Gasteiger partial charge < -0.3 is 14.6 Å². The van der Waals surface area contributed by atoms with Crippen molar-refractivity contribution < 1.29 is 29.0 Å². The molecule has 1 heterocycles. The van der Waals surface area contributed by atoms with Gasteiger partial charge in [0.15, 0.2) is 0 Å². The smallest absolute Gasteiger partial charge is 0.338 e. The Morgan fingerprint density at radius 1 is 1.00 bits per heavy atom. The Morgan fingerprint density at radius 3 is 2.37 bits per heavy atom. The van der Waals surface area contributed by atoms with Gasteiger partial charge in [0, 0.05) is 11.3 Å². The molecule has 3 aromatic rings. The van der Waals surface area contributed by atoms with E-state index in [9.17, 15) is 19.5 Å². The van der Waals surface area contributed by atoms with Gasteiger partial charge in [-0.05, 0) is 68.3 Å². The fraction of sp³-hybridized carbons (Fsp3) is 0.233. The summed E-state index contributed by atoms with van der Waals surface area (Å²) >= 11 is 6.21. The predicted molar refractivity (Wildman–Crippen MR) is 146 cm³/mol. The molecule has 0 bridgehead atoms. The van der Waals surface area contributed by atoms with Gasteiger partial charge in [-0.15, -0.1) is 0 Å². The average molecular weight is 534 g/mol. The third-order valence-corrected chi connectivity index (χ3v) is 6.44. The first-order valence-corrected chi connectivity index (χ1v) is 12.7. The van der Waals surface area contributed by atoms with E-state index >= 15 is 0 Å². The van der Waals surface area contributed by atoms with Crippen LogP contribution in [0.3, 0.4) is 0 Å². The monoisotopic (exact) mass is 533 g/mol.